The van der Waals surface area contributed by atoms with Crippen molar-refractivity contribution in [3.8, 4) is 11.3 Å². The van der Waals surface area contributed by atoms with Crippen LogP contribution < -0.4 is 0 Å². The summed E-state index contributed by atoms with van der Waals surface area (Å²) in [7, 11) is 0. The van der Waals surface area contributed by atoms with Crippen molar-refractivity contribution in [2.75, 3.05) is 0 Å². The van der Waals surface area contributed by atoms with Crippen molar-refractivity contribution in [3.05, 3.63) is 78.2 Å². The number of rotatable bonds is 2. The van der Waals surface area contributed by atoms with Gasteiger partial charge in [0.25, 0.3) is 0 Å². The summed E-state index contributed by atoms with van der Waals surface area (Å²) < 4.78 is 2.34. The Labute approximate surface area is 125 Å². The fraction of sp³-hybridized carbons (Fsp3) is 0.211. The lowest BCUT2D eigenvalue weighted by atomic mass is 9.92. The molecule has 2 aromatic carbocycles. The Hall–Kier alpha value is -2.35. The van der Waals surface area contributed by atoms with Crippen LogP contribution in [0.1, 0.15) is 23.7 Å². The van der Waals surface area contributed by atoms with Gasteiger partial charge in [0.2, 0.25) is 0 Å². The Morgan fingerprint density at radius 2 is 1.62 bits per heavy atom. The molecule has 0 bridgehead atoms. The summed E-state index contributed by atoms with van der Waals surface area (Å²) in [5.41, 5.74) is 3.74. The largest absolute Gasteiger partial charge is 0.334 e. The van der Waals surface area contributed by atoms with Crippen molar-refractivity contribution in [1.82, 2.24) is 9.55 Å². The highest BCUT2D eigenvalue weighted by atomic mass is 15.1. The van der Waals surface area contributed by atoms with Crippen LogP contribution in [0, 0.1) is 0 Å². The third kappa shape index (κ3) is 2.38. The lowest BCUT2D eigenvalue weighted by Crippen LogP contribution is -2.18. The number of fused-ring (bicyclic) bond motifs is 1. The van der Waals surface area contributed by atoms with Crippen molar-refractivity contribution < 1.29 is 0 Å². The predicted octanol–water partition coefficient (Wildman–Crippen LogP) is 4.28. The van der Waals surface area contributed by atoms with E-state index in [1.165, 1.54) is 23.4 Å². The first-order valence-corrected chi connectivity index (χ1v) is 7.56. The van der Waals surface area contributed by atoms with Gasteiger partial charge < -0.3 is 4.57 Å². The van der Waals surface area contributed by atoms with E-state index in [1.807, 2.05) is 6.07 Å². The number of hydrogen-bond donors (Lipinski definition) is 0. The minimum atomic E-state index is 0.608. The number of aryl methyl sites for hydroxylation is 1. The van der Waals surface area contributed by atoms with Gasteiger partial charge in [0, 0.05) is 30.6 Å². The topological polar surface area (TPSA) is 17.8 Å². The smallest absolute Gasteiger partial charge is 0.109 e. The molecule has 1 aliphatic heterocycles. The van der Waals surface area contributed by atoms with Crippen LogP contribution in [-0.4, -0.2) is 9.55 Å². The normalized spacial score (nSPS) is 17.4. The van der Waals surface area contributed by atoms with Crippen LogP contribution in [-0.2, 0) is 13.0 Å². The summed E-state index contributed by atoms with van der Waals surface area (Å²) in [6, 6.07) is 21.3. The zero-order valence-electron chi connectivity index (χ0n) is 11.9. The van der Waals surface area contributed by atoms with Gasteiger partial charge >= 0.3 is 0 Å². The van der Waals surface area contributed by atoms with E-state index >= 15 is 0 Å². The SMILES string of the molecule is c1ccc(-c2cn3c(n2)CCC(c2ccccc2)C3)cc1. The van der Waals surface area contributed by atoms with Crippen LogP contribution in [0.3, 0.4) is 0 Å². The van der Waals surface area contributed by atoms with Gasteiger partial charge in [0.05, 0.1) is 5.69 Å². The Bertz CT molecular complexity index is 729. The molecule has 0 amide bonds. The maximum atomic E-state index is 4.81. The molecular weight excluding hydrogens is 256 g/mol. The third-order valence-electron chi connectivity index (χ3n) is 4.33. The van der Waals surface area contributed by atoms with Crippen LogP contribution in [0.2, 0.25) is 0 Å². The lowest BCUT2D eigenvalue weighted by molar-refractivity contribution is 0.456. The molecule has 3 aromatic rings. The van der Waals surface area contributed by atoms with Crippen molar-refractivity contribution in [2.24, 2.45) is 0 Å². The maximum Gasteiger partial charge on any atom is 0.109 e. The van der Waals surface area contributed by atoms with E-state index in [-0.39, 0.29) is 0 Å². The van der Waals surface area contributed by atoms with Gasteiger partial charge in [-0.25, -0.2) is 4.98 Å². The maximum absolute atomic E-state index is 4.81. The Morgan fingerprint density at radius 1 is 0.905 bits per heavy atom. The number of hydrogen-bond acceptors (Lipinski definition) is 1. The molecule has 1 aromatic heterocycles. The van der Waals surface area contributed by atoms with Crippen LogP contribution in [0.4, 0.5) is 0 Å². The second-order valence-electron chi connectivity index (χ2n) is 5.71. The molecule has 1 atom stereocenters. The number of benzene rings is 2. The molecule has 21 heavy (non-hydrogen) atoms. The molecule has 0 N–H and O–H groups in total. The molecule has 4 rings (SSSR count). The zero-order chi connectivity index (χ0) is 14.1. The Balaban J connectivity index is 1.63. The van der Waals surface area contributed by atoms with E-state index < -0.39 is 0 Å². The van der Waals surface area contributed by atoms with Gasteiger partial charge in [-0.15, -0.1) is 0 Å². The zero-order valence-corrected chi connectivity index (χ0v) is 11.9. The van der Waals surface area contributed by atoms with Crippen molar-refractivity contribution >= 4 is 0 Å². The molecule has 0 radical (unpaired) electrons. The third-order valence-corrected chi connectivity index (χ3v) is 4.33. The van der Waals surface area contributed by atoms with Crippen molar-refractivity contribution in [2.45, 2.75) is 25.3 Å². The molecule has 2 heteroatoms. The highest BCUT2D eigenvalue weighted by Gasteiger charge is 2.21. The number of aromatic nitrogens is 2. The highest BCUT2D eigenvalue weighted by molar-refractivity contribution is 5.58. The van der Waals surface area contributed by atoms with Crippen LogP contribution in [0.15, 0.2) is 66.9 Å². The average Bonchev–Trinajstić information content (AvgIpc) is 2.99. The Kier molecular flexibility index (Phi) is 3.07. The van der Waals surface area contributed by atoms with Gasteiger partial charge in [-0.3, -0.25) is 0 Å². The van der Waals surface area contributed by atoms with Crippen molar-refractivity contribution in [1.29, 1.82) is 0 Å². The number of nitrogens with zero attached hydrogens (tertiary/aromatic N) is 2. The van der Waals surface area contributed by atoms with E-state index in [0.717, 1.165) is 18.7 Å². The Morgan fingerprint density at radius 3 is 2.38 bits per heavy atom. The molecule has 104 valence electrons. The second-order valence-corrected chi connectivity index (χ2v) is 5.71. The van der Waals surface area contributed by atoms with Gasteiger partial charge in [0.1, 0.15) is 5.82 Å². The fourth-order valence-corrected chi connectivity index (χ4v) is 3.19. The highest BCUT2D eigenvalue weighted by Crippen LogP contribution is 2.30. The van der Waals surface area contributed by atoms with Gasteiger partial charge in [-0.2, -0.15) is 0 Å². The van der Waals surface area contributed by atoms with Crippen molar-refractivity contribution in [3.63, 3.8) is 0 Å². The van der Waals surface area contributed by atoms with E-state index in [2.05, 4.69) is 65.4 Å². The molecule has 1 unspecified atom stereocenters. The molecule has 0 saturated heterocycles. The van der Waals surface area contributed by atoms with Gasteiger partial charge in [0.15, 0.2) is 0 Å². The van der Waals surface area contributed by atoms with E-state index in [4.69, 9.17) is 4.98 Å². The summed E-state index contributed by atoms with van der Waals surface area (Å²) in [6.07, 6.45) is 4.46. The summed E-state index contributed by atoms with van der Waals surface area (Å²) in [4.78, 5) is 4.81. The minimum Gasteiger partial charge on any atom is -0.334 e. The summed E-state index contributed by atoms with van der Waals surface area (Å²) in [5.74, 6) is 1.83. The quantitative estimate of drug-likeness (QED) is 0.682. The summed E-state index contributed by atoms with van der Waals surface area (Å²) in [5, 5.41) is 0. The van der Waals surface area contributed by atoms with Crippen LogP contribution in [0.25, 0.3) is 11.3 Å². The average molecular weight is 274 g/mol. The van der Waals surface area contributed by atoms with E-state index in [9.17, 15) is 0 Å². The molecule has 2 heterocycles. The fourth-order valence-electron chi connectivity index (χ4n) is 3.19. The summed E-state index contributed by atoms with van der Waals surface area (Å²) >= 11 is 0. The lowest BCUT2D eigenvalue weighted by Gasteiger charge is -2.23. The standard InChI is InChI=1S/C19H18N2/c1-3-7-15(8-4-1)17-11-12-19-20-18(14-21(19)13-17)16-9-5-2-6-10-16/h1-10,14,17H,11-13H2. The predicted molar refractivity (Wildman–Crippen MR) is 85.2 cm³/mol. The van der Waals surface area contributed by atoms with Gasteiger partial charge in [-0.05, 0) is 12.0 Å². The monoisotopic (exact) mass is 274 g/mol. The minimum absolute atomic E-state index is 0.608. The summed E-state index contributed by atoms with van der Waals surface area (Å²) in [6.45, 7) is 1.04. The molecule has 2 nitrogen and oxygen atoms in total. The number of imidazole rings is 1. The molecule has 0 saturated carbocycles. The van der Waals surface area contributed by atoms with Crippen LogP contribution >= 0.6 is 0 Å². The molecule has 0 aliphatic carbocycles. The van der Waals surface area contributed by atoms with E-state index in [0.29, 0.717) is 5.92 Å². The first-order chi connectivity index (χ1) is 10.4. The molecular formula is C19H18N2. The molecule has 0 fully saturated rings. The van der Waals surface area contributed by atoms with E-state index in [1.54, 1.807) is 0 Å². The molecule has 1 aliphatic rings. The second kappa shape index (κ2) is 5.21. The first-order valence-electron chi connectivity index (χ1n) is 7.56. The van der Waals surface area contributed by atoms with Crippen LogP contribution in [0.5, 0.6) is 0 Å². The first kappa shape index (κ1) is 12.4. The van der Waals surface area contributed by atoms with Gasteiger partial charge in [-0.1, -0.05) is 60.7 Å². The molecule has 0 spiro atoms.